The lowest BCUT2D eigenvalue weighted by atomic mass is 10.1. The maximum atomic E-state index is 14.3. The highest BCUT2D eigenvalue weighted by atomic mass is 19.3. The third-order valence-corrected chi connectivity index (χ3v) is 3.56. The predicted molar refractivity (Wildman–Crippen MR) is 84.5 cm³/mol. The summed E-state index contributed by atoms with van der Waals surface area (Å²) in [4.78, 5) is 37.7. The lowest BCUT2D eigenvalue weighted by Crippen LogP contribution is -2.42. The summed E-state index contributed by atoms with van der Waals surface area (Å²) in [6.45, 7) is 3.16. The van der Waals surface area contributed by atoms with Crippen molar-refractivity contribution in [3.05, 3.63) is 34.9 Å². The Morgan fingerprint density at radius 1 is 1.48 bits per heavy atom. The van der Waals surface area contributed by atoms with Crippen molar-refractivity contribution in [1.82, 2.24) is 9.55 Å². The maximum Gasteiger partial charge on any atom is 0.351 e. The molecule has 0 aliphatic carbocycles. The zero-order chi connectivity index (χ0) is 20.4. The van der Waals surface area contributed by atoms with E-state index in [1.54, 1.807) is 0 Å². The Balaban J connectivity index is 2.01. The minimum atomic E-state index is -3.87. The number of carbonyl (C=O) groups is 2. The SMILES string of the molecule is C=C(C)C(=O)OCC(=O)OC[C@H]1O[C@@H](n2ccc(N)nc2=O)C(F)(F)C1O. The molecule has 1 aliphatic rings. The van der Waals surface area contributed by atoms with Crippen molar-refractivity contribution in [2.24, 2.45) is 0 Å². The van der Waals surface area contributed by atoms with Crippen LogP contribution in [0.4, 0.5) is 14.6 Å². The van der Waals surface area contributed by atoms with Crippen molar-refractivity contribution in [1.29, 1.82) is 0 Å². The third-order valence-electron chi connectivity index (χ3n) is 3.56. The Kier molecular flexibility index (Phi) is 5.91. The standard InChI is InChI=1S/C15H17F2N3O7/c1-7(2)12(23)26-6-10(21)25-5-8-11(22)15(16,17)13(27-8)20-4-3-9(18)19-14(20)24/h3-4,8,11,13,22H,1,5-6H2,2H3,(H2,18,19,24)/t8-,11?,13-/m1/s1. The van der Waals surface area contributed by atoms with Crippen LogP contribution in [0.5, 0.6) is 0 Å². The average Bonchev–Trinajstić information content (AvgIpc) is 2.81. The number of nitrogens with two attached hydrogens (primary N) is 1. The molecule has 0 amide bonds. The smallest absolute Gasteiger partial charge is 0.351 e. The molecule has 3 N–H and O–H groups in total. The molecule has 10 nitrogen and oxygen atoms in total. The summed E-state index contributed by atoms with van der Waals surface area (Å²) in [5.41, 5.74) is 4.25. The number of nitrogen functional groups attached to an aromatic ring is 1. The van der Waals surface area contributed by atoms with E-state index in [0.29, 0.717) is 4.57 Å². The maximum absolute atomic E-state index is 14.3. The third kappa shape index (κ3) is 4.46. The fraction of sp³-hybridized carbons (Fsp3) is 0.467. The molecule has 27 heavy (non-hydrogen) atoms. The second-order valence-electron chi connectivity index (χ2n) is 5.73. The Morgan fingerprint density at radius 3 is 2.74 bits per heavy atom. The number of aliphatic hydroxyl groups excluding tert-OH is 1. The molecular weight excluding hydrogens is 372 g/mol. The lowest BCUT2D eigenvalue weighted by molar-refractivity contribution is -0.161. The molecular formula is C15H17F2N3O7. The number of carbonyl (C=O) groups excluding carboxylic acids is 2. The molecule has 0 bridgehead atoms. The summed E-state index contributed by atoms with van der Waals surface area (Å²) < 4.78 is 43.2. The van der Waals surface area contributed by atoms with E-state index in [0.717, 1.165) is 12.3 Å². The molecule has 0 spiro atoms. The number of nitrogens with zero attached hydrogens (tertiary/aromatic N) is 2. The van der Waals surface area contributed by atoms with Crippen LogP contribution < -0.4 is 11.4 Å². The average molecular weight is 389 g/mol. The topological polar surface area (TPSA) is 143 Å². The van der Waals surface area contributed by atoms with Crippen LogP contribution in [0.1, 0.15) is 13.2 Å². The Morgan fingerprint density at radius 2 is 2.15 bits per heavy atom. The predicted octanol–water partition coefficient (Wildman–Crippen LogP) is -0.618. The van der Waals surface area contributed by atoms with Crippen LogP contribution in [0.25, 0.3) is 0 Å². The molecule has 1 saturated heterocycles. The van der Waals surface area contributed by atoms with Gasteiger partial charge in [0.15, 0.2) is 12.7 Å². The first-order valence-electron chi connectivity index (χ1n) is 7.58. The van der Waals surface area contributed by atoms with Gasteiger partial charge in [0.2, 0.25) is 6.23 Å². The molecule has 2 heterocycles. The number of alkyl halides is 2. The van der Waals surface area contributed by atoms with Gasteiger partial charge in [0.25, 0.3) is 0 Å². The molecule has 0 saturated carbocycles. The van der Waals surface area contributed by atoms with Gasteiger partial charge in [-0.2, -0.15) is 13.8 Å². The number of hydrogen-bond acceptors (Lipinski definition) is 9. The molecule has 0 aromatic carbocycles. The van der Waals surface area contributed by atoms with Gasteiger partial charge >= 0.3 is 23.6 Å². The summed E-state index contributed by atoms with van der Waals surface area (Å²) in [7, 11) is 0. The van der Waals surface area contributed by atoms with E-state index in [9.17, 15) is 28.3 Å². The van der Waals surface area contributed by atoms with Gasteiger partial charge in [-0.25, -0.2) is 14.4 Å². The number of anilines is 1. The van der Waals surface area contributed by atoms with Crippen LogP contribution >= 0.6 is 0 Å². The molecule has 3 atom stereocenters. The van der Waals surface area contributed by atoms with Gasteiger partial charge in [0.1, 0.15) is 18.5 Å². The first-order valence-corrected chi connectivity index (χ1v) is 7.58. The van der Waals surface area contributed by atoms with Gasteiger partial charge in [-0.1, -0.05) is 6.58 Å². The number of halogens is 2. The van der Waals surface area contributed by atoms with Crippen molar-refractivity contribution in [2.45, 2.75) is 31.3 Å². The first kappa shape index (κ1) is 20.5. The van der Waals surface area contributed by atoms with Crippen LogP contribution in [-0.4, -0.2) is 57.9 Å². The van der Waals surface area contributed by atoms with E-state index in [4.69, 9.17) is 10.5 Å². The highest BCUT2D eigenvalue weighted by Gasteiger charge is 2.60. The Bertz CT molecular complexity index is 811. The van der Waals surface area contributed by atoms with E-state index in [2.05, 4.69) is 21.0 Å². The molecule has 1 fully saturated rings. The van der Waals surface area contributed by atoms with Gasteiger partial charge in [0.05, 0.1) is 0 Å². The van der Waals surface area contributed by atoms with Crippen molar-refractivity contribution < 1.29 is 37.7 Å². The lowest BCUT2D eigenvalue weighted by Gasteiger charge is -2.20. The molecule has 1 unspecified atom stereocenters. The van der Waals surface area contributed by atoms with E-state index in [1.807, 2.05) is 0 Å². The van der Waals surface area contributed by atoms with Gasteiger partial charge in [-0.3, -0.25) is 4.57 Å². The second kappa shape index (κ2) is 7.80. The number of aromatic nitrogens is 2. The van der Waals surface area contributed by atoms with Gasteiger partial charge < -0.3 is 25.1 Å². The van der Waals surface area contributed by atoms with E-state index in [1.165, 1.54) is 6.92 Å². The van der Waals surface area contributed by atoms with Crippen molar-refractivity contribution in [2.75, 3.05) is 18.9 Å². The summed E-state index contributed by atoms with van der Waals surface area (Å²) in [6, 6.07) is 1.11. The first-order chi connectivity index (χ1) is 12.5. The monoisotopic (exact) mass is 389 g/mol. The minimum absolute atomic E-state index is 0.0578. The molecule has 2 rings (SSSR count). The quantitative estimate of drug-likeness (QED) is 0.481. The zero-order valence-electron chi connectivity index (χ0n) is 14.1. The summed E-state index contributed by atoms with van der Waals surface area (Å²) >= 11 is 0. The fourth-order valence-electron chi connectivity index (χ4n) is 2.17. The molecule has 1 aliphatic heterocycles. The van der Waals surface area contributed by atoms with E-state index in [-0.39, 0.29) is 11.4 Å². The normalized spacial score (nSPS) is 23.6. The number of ether oxygens (including phenoxy) is 3. The highest BCUT2D eigenvalue weighted by molar-refractivity contribution is 5.88. The minimum Gasteiger partial charge on any atom is -0.460 e. The second-order valence-corrected chi connectivity index (χ2v) is 5.73. The molecule has 12 heteroatoms. The van der Waals surface area contributed by atoms with Gasteiger partial charge in [0, 0.05) is 11.8 Å². The van der Waals surface area contributed by atoms with Crippen LogP contribution in [0.2, 0.25) is 0 Å². The van der Waals surface area contributed by atoms with Gasteiger partial charge in [-0.05, 0) is 13.0 Å². The Labute approximate surface area is 151 Å². The van der Waals surface area contributed by atoms with E-state index >= 15 is 0 Å². The highest BCUT2D eigenvalue weighted by Crippen LogP contribution is 2.42. The Hall–Kier alpha value is -2.86. The van der Waals surface area contributed by atoms with Crippen LogP contribution in [0.15, 0.2) is 29.2 Å². The van der Waals surface area contributed by atoms with Crippen molar-refractivity contribution >= 4 is 17.8 Å². The summed E-state index contributed by atoms with van der Waals surface area (Å²) in [6.07, 6.45) is -5.22. The largest absolute Gasteiger partial charge is 0.460 e. The van der Waals surface area contributed by atoms with Crippen LogP contribution in [0.3, 0.4) is 0 Å². The molecule has 148 valence electrons. The van der Waals surface area contributed by atoms with E-state index < -0.39 is 55.2 Å². The van der Waals surface area contributed by atoms with Crippen LogP contribution in [-0.2, 0) is 23.8 Å². The van der Waals surface area contributed by atoms with Crippen molar-refractivity contribution in [3.8, 4) is 0 Å². The van der Waals surface area contributed by atoms with Gasteiger partial charge in [-0.15, -0.1) is 0 Å². The van der Waals surface area contributed by atoms with Crippen LogP contribution in [0, 0.1) is 0 Å². The number of hydrogen-bond donors (Lipinski definition) is 2. The van der Waals surface area contributed by atoms with Crippen molar-refractivity contribution in [3.63, 3.8) is 0 Å². The molecule has 1 aromatic rings. The number of esters is 2. The number of rotatable bonds is 6. The summed E-state index contributed by atoms with van der Waals surface area (Å²) in [5.74, 6) is -5.91. The molecule has 0 radical (unpaired) electrons. The summed E-state index contributed by atoms with van der Waals surface area (Å²) in [5, 5.41) is 9.77. The molecule has 1 aromatic heterocycles. The fourth-order valence-corrected chi connectivity index (χ4v) is 2.17. The number of aliphatic hydroxyl groups is 1. The zero-order valence-corrected chi connectivity index (χ0v) is 14.1.